The molecule has 2 fully saturated rings. The zero-order chi connectivity index (χ0) is 18.6. The smallest absolute Gasteiger partial charge is 0.267 e. The molecule has 0 bridgehead atoms. The molecule has 1 aromatic heterocycles. The lowest BCUT2D eigenvalue weighted by Gasteiger charge is -2.34. The van der Waals surface area contributed by atoms with E-state index in [2.05, 4.69) is 10.00 Å². The van der Waals surface area contributed by atoms with Crippen molar-refractivity contribution in [3.05, 3.63) is 52.8 Å². The summed E-state index contributed by atoms with van der Waals surface area (Å²) in [6, 6.07) is 13.7. The van der Waals surface area contributed by atoms with Gasteiger partial charge >= 0.3 is 0 Å². The summed E-state index contributed by atoms with van der Waals surface area (Å²) < 4.78 is 1.33. The first-order valence-corrected chi connectivity index (χ1v) is 10.2. The molecular weight excluding hydrogens is 338 g/mol. The molecule has 2 saturated carbocycles. The molecule has 0 N–H and O–H groups in total. The highest BCUT2D eigenvalue weighted by molar-refractivity contribution is 5.76. The Morgan fingerprint density at radius 2 is 1.52 bits per heavy atom. The number of hydrogen-bond donors (Lipinski definition) is 0. The van der Waals surface area contributed by atoms with Crippen molar-refractivity contribution in [2.75, 3.05) is 0 Å². The second-order valence-electron chi connectivity index (χ2n) is 7.76. The predicted molar refractivity (Wildman–Crippen MR) is 105 cm³/mol. The molecule has 4 rings (SSSR count). The summed E-state index contributed by atoms with van der Waals surface area (Å²) in [5.41, 5.74) is 1.44. The molecule has 1 amide bonds. The molecule has 5 heteroatoms. The number of carbonyl (C=O) groups excluding carboxylic acids is 1. The quantitative estimate of drug-likeness (QED) is 0.813. The second kappa shape index (κ2) is 8.07. The summed E-state index contributed by atoms with van der Waals surface area (Å²) in [6.45, 7) is 0.0342. The van der Waals surface area contributed by atoms with E-state index in [4.69, 9.17) is 0 Å². The van der Waals surface area contributed by atoms with Crippen molar-refractivity contribution in [3.8, 4) is 11.3 Å². The standard InChI is InChI=1S/C22H27N3O2/c26-21-15-14-20(17-8-2-1-3-9-17)23-24(21)16-22(27)25(18-10-4-5-11-18)19-12-6-7-13-19/h1-3,8-9,14-15,18-19H,4-7,10-13,16H2. The van der Waals surface area contributed by atoms with Gasteiger partial charge in [0, 0.05) is 23.7 Å². The van der Waals surface area contributed by atoms with Gasteiger partial charge in [-0.05, 0) is 31.7 Å². The first kappa shape index (κ1) is 18.0. The summed E-state index contributed by atoms with van der Waals surface area (Å²) in [5.74, 6) is 0.0496. The van der Waals surface area contributed by atoms with Gasteiger partial charge < -0.3 is 4.90 Å². The van der Waals surface area contributed by atoms with Gasteiger partial charge in [-0.3, -0.25) is 9.59 Å². The van der Waals surface area contributed by atoms with Crippen LogP contribution in [0, 0.1) is 0 Å². The average Bonchev–Trinajstić information content (AvgIpc) is 3.39. The van der Waals surface area contributed by atoms with Crippen LogP contribution in [0.2, 0.25) is 0 Å². The Labute approximate surface area is 160 Å². The fraction of sp³-hybridized carbons (Fsp3) is 0.500. The summed E-state index contributed by atoms with van der Waals surface area (Å²) in [7, 11) is 0. The van der Waals surface area contributed by atoms with E-state index in [1.807, 2.05) is 30.3 Å². The van der Waals surface area contributed by atoms with Crippen LogP contribution in [0.3, 0.4) is 0 Å². The molecule has 2 aromatic rings. The lowest BCUT2D eigenvalue weighted by Crippen LogP contribution is -2.47. The number of aromatic nitrogens is 2. The SMILES string of the molecule is O=C(Cn1nc(-c2ccccc2)ccc1=O)N(C1CCCC1)C1CCCC1. The Balaban J connectivity index is 1.58. The van der Waals surface area contributed by atoms with Crippen molar-refractivity contribution < 1.29 is 4.79 Å². The number of nitrogens with zero attached hydrogens (tertiary/aromatic N) is 3. The van der Waals surface area contributed by atoms with Crippen LogP contribution in [-0.4, -0.2) is 32.7 Å². The maximum absolute atomic E-state index is 13.2. The Bertz CT molecular complexity index is 818. The van der Waals surface area contributed by atoms with Crippen LogP contribution in [0.5, 0.6) is 0 Å². The monoisotopic (exact) mass is 365 g/mol. The molecule has 1 aromatic carbocycles. The topological polar surface area (TPSA) is 55.2 Å². The Kier molecular flexibility index (Phi) is 5.37. The molecule has 2 aliphatic rings. The molecule has 0 spiro atoms. The van der Waals surface area contributed by atoms with Gasteiger partial charge in [-0.25, -0.2) is 4.68 Å². The molecule has 0 radical (unpaired) electrons. The van der Waals surface area contributed by atoms with Gasteiger partial charge in [0.15, 0.2) is 0 Å². The molecule has 142 valence electrons. The van der Waals surface area contributed by atoms with Crippen molar-refractivity contribution in [2.45, 2.75) is 70.0 Å². The third-order valence-corrected chi connectivity index (χ3v) is 5.95. The normalized spacial score (nSPS) is 18.1. The average molecular weight is 365 g/mol. The fourth-order valence-corrected chi connectivity index (χ4v) is 4.61. The van der Waals surface area contributed by atoms with Gasteiger partial charge in [0.1, 0.15) is 6.54 Å². The molecule has 0 aliphatic heterocycles. The number of amides is 1. The summed E-state index contributed by atoms with van der Waals surface area (Å²) in [5, 5.41) is 4.47. The van der Waals surface area contributed by atoms with Gasteiger partial charge in [-0.2, -0.15) is 5.10 Å². The zero-order valence-electron chi connectivity index (χ0n) is 15.7. The zero-order valence-corrected chi connectivity index (χ0v) is 15.7. The van der Waals surface area contributed by atoms with Crippen LogP contribution < -0.4 is 5.56 Å². The Morgan fingerprint density at radius 1 is 0.926 bits per heavy atom. The number of benzene rings is 1. The van der Waals surface area contributed by atoms with Crippen molar-refractivity contribution in [1.29, 1.82) is 0 Å². The largest absolute Gasteiger partial charge is 0.335 e. The molecule has 27 heavy (non-hydrogen) atoms. The maximum atomic E-state index is 13.2. The lowest BCUT2D eigenvalue weighted by atomic mass is 10.1. The minimum atomic E-state index is -0.221. The first-order chi connectivity index (χ1) is 13.2. The van der Waals surface area contributed by atoms with Crippen LogP contribution in [0.15, 0.2) is 47.3 Å². The maximum Gasteiger partial charge on any atom is 0.267 e. The minimum Gasteiger partial charge on any atom is -0.335 e. The van der Waals surface area contributed by atoms with E-state index in [0.717, 1.165) is 36.9 Å². The highest BCUT2D eigenvalue weighted by atomic mass is 16.2. The van der Waals surface area contributed by atoms with Crippen LogP contribution in [0.25, 0.3) is 11.3 Å². The van der Waals surface area contributed by atoms with E-state index in [-0.39, 0.29) is 18.0 Å². The highest BCUT2D eigenvalue weighted by Gasteiger charge is 2.34. The Morgan fingerprint density at radius 3 is 2.11 bits per heavy atom. The van der Waals surface area contributed by atoms with Gasteiger partial charge in [-0.15, -0.1) is 0 Å². The summed E-state index contributed by atoms with van der Waals surface area (Å²) >= 11 is 0. The van der Waals surface area contributed by atoms with Crippen molar-refractivity contribution in [1.82, 2.24) is 14.7 Å². The van der Waals surface area contributed by atoms with Gasteiger partial charge in [-0.1, -0.05) is 56.0 Å². The molecule has 0 atom stereocenters. The molecule has 2 aliphatic carbocycles. The van der Waals surface area contributed by atoms with E-state index in [9.17, 15) is 9.59 Å². The fourth-order valence-electron chi connectivity index (χ4n) is 4.61. The van der Waals surface area contributed by atoms with E-state index >= 15 is 0 Å². The molecule has 0 saturated heterocycles. The van der Waals surface area contributed by atoms with E-state index in [0.29, 0.717) is 12.1 Å². The molecular formula is C22H27N3O2. The summed E-state index contributed by atoms with van der Waals surface area (Å²) in [6.07, 6.45) is 9.16. The van der Waals surface area contributed by atoms with E-state index < -0.39 is 0 Å². The van der Waals surface area contributed by atoms with Gasteiger partial charge in [0.05, 0.1) is 5.69 Å². The molecule has 5 nitrogen and oxygen atoms in total. The van der Waals surface area contributed by atoms with Gasteiger partial charge in [0.25, 0.3) is 5.56 Å². The van der Waals surface area contributed by atoms with Crippen LogP contribution >= 0.6 is 0 Å². The third kappa shape index (κ3) is 3.97. The number of hydrogen-bond acceptors (Lipinski definition) is 3. The van der Waals surface area contributed by atoms with Gasteiger partial charge in [0.2, 0.25) is 5.91 Å². The van der Waals surface area contributed by atoms with Crippen LogP contribution in [-0.2, 0) is 11.3 Å². The van der Waals surface area contributed by atoms with Crippen LogP contribution in [0.4, 0.5) is 0 Å². The van der Waals surface area contributed by atoms with Crippen molar-refractivity contribution in [2.24, 2.45) is 0 Å². The van der Waals surface area contributed by atoms with Crippen molar-refractivity contribution >= 4 is 5.91 Å². The number of rotatable bonds is 5. The van der Waals surface area contributed by atoms with E-state index in [1.54, 1.807) is 6.07 Å². The number of carbonyl (C=O) groups is 1. The Hall–Kier alpha value is -2.43. The van der Waals surface area contributed by atoms with Crippen LogP contribution in [0.1, 0.15) is 51.4 Å². The van der Waals surface area contributed by atoms with Crippen molar-refractivity contribution in [3.63, 3.8) is 0 Å². The second-order valence-corrected chi connectivity index (χ2v) is 7.76. The first-order valence-electron chi connectivity index (χ1n) is 10.2. The summed E-state index contributed by atoms with van der Waals surface area (Å²) in [4.78, 5) is 27.7. The molecule has 0 unspecified atom stereocenters. The highest BCUT2D eigenvalue weighted by Crippen LogP contribution is 2.31. The lowest BCUT2D eigenvalue weighted by molar-refractivity contribution is -0.137. The molecule has 1 heterocycles. The van der Waals surface area contributed by atoms with E-state index in [1.165, 1.54) is 36.4 Å². The third-order valence-electron chi connectivity index (χ3n) is 5.95. The minimum absolute atomic E-state index is 0.0342. The predicted octanol–water partition coefficient (Wildman–Crippen LogP) is 3.62.